The van der Waals surface area contributed by atoms with Gasteiger partial charge in [-0.25, -0.2) is 4.79 Å². The van der Waals surface area contributed by atoms with Crippen LogP contribution < -0.4 is 0 Å². The number of ether oxygens (including phenoxy) is 3. The van der Waals surface area contributed by atoms with Crippen molar-refractivity contribution in [2.75, 3.05) is 13.2 Å². The van der Waals surface area contributed by atoms with Crippen LogP contribution in [0.4, 0.5) is 0 Å². The quantitative estimate of drug-likeness (QED) is 0.320. The normalized spacial score (nSPS) is 18.5. The van der Waals surface area contributed by atoms with E-state index in [4.69, 9.17) is 14.2 Å². The van der Waals surface area contributed by atoms with E-state index in [2.05, 4.69) is 13.5 Å². The summed E-state index contributed by atoms with van der Waals surface area (Å²) in [6.45, 7) is 7.89. The lowest BCUT2D eigenvalue weighted by Crippen LogP contribution is -2.28. The summed E-state index contributed by atoms with van der Waals surface area (Å²) < 4.78 is 16.7. The lowest BCUT2D eigenvalue weighted by atomic mass is 9.92. The molecular weight excluding hydrogens is 360 g/mol. The van der Waals surface area contributed by atoms with E-state index < -0.39 is 12.3 Å². The van der Waals surface area contributed by atoms with Crippen molar-refractivity contribution in [3.8, 4) is 11.5 Å². The second-order valence-corrected chi connectivity index (χ2v) is 7.03. The minimum absolute atomic E-state index is 0.0136. The van der Waals surface area contributed by atoms with Gasteiger partial charge in [0.25, 0.3) is 0 Å². The zero-order valence-corrected chi connectivity index (χ0v) is 16.9. The minimum Gasteiger partial charge on any atom is -0.507 e. The molecule has 0 bridgehead atoms. The van der Waals surface area contributed by atoms with Gasteiger partial charge in [-0.15, -0.1) is 0 Å². The van der Waals surface area contributed by atoms with E-state index in [0.717, 1.165) is 24.8 Å². The van der Waals surface area contributed by atoms with E-state index in [1.165, 1.54) is 31.4 Å². The molecule has 2 rings (SSSR count). The van der Waals surface area contributed by atoms with Crippen molar-refractivity contribution >= 4 is 5.97 Å². The number of unbranched alkanes of at least 4 members (excludes halogenated alkanes) is 4. The van der Waals surface area contributed by atoms with Gasteiger partial charge in [-0.3, -0.25) is 0 Å². The second kappa shape index (κ2) is 11.1. The lowest BCUT2D eigenvalue weighted by molar-refractivity contribution is -0.183. The smallest absolute Gasteiger partial charge is 0.346 e. The third-order valence-electron chi connectivity index (χ3n) is 4.89. The van der Waals surface area contributed by atoms with Crippen molar-refractivity contribution in [3.05, 3.63) is 35.4 Å². The van der Waals surface area contributed by atoms with Crippen LogP contribution in [0.5, 0.6) is 11.5 Å². The SMILES string of the molecule is C=CCOC(=O)c1c(O)cc2c(c1O)C(OCC)O[C@H](CCCCCCC)C2. The van der Waals surface area contributed by atoms with Crippen LogP contribution in [0.15, 0.2) is 18.7 Å². The zero-order valence-electron chi connectivity index (χ0n) is 16.9. The number of hydrogen-bond donors (Lipinski definition) is 2. The molecule has 0 fully saturated rings. The first kappa shape index (κ1) is 22.2. The number of carbonyl (C=O) groups is 1. The lowest BCUT2D eigenvalue weighted by Gasteiger charge is -2.33. The Morgan fingerprint density at radius 2 is 2.04 bits per heavy atom. The van der Waals surface area contributed by atoms with Crippen molar-refractivity contribution < 1.29 is 29.2 Å². The largest absolute Gasteiger partial charge is 0.507 e. The molecule has 0 aromatic heterocycles. The van der Waals surface area contributed by atoms with Crippen LogP contribution in [-0.4, -0.2) is 35.5 Å². The fourth-order valence-corrected chi connectivity index (χ4v) is 3.52. The summed E-state index contributed by atoms with van der Waals surface area (Å²) in [6.07, 6.45) is 7.90. The summed E-state index contributed by atoms with van der Waals surface area (Å²) in [5.74, 6) is -1.46. The molecule has 0 spiro atoms. The molecular formula is C22H32O6. The Balaban J connectivity index is 2.22. The maximum Gasteiger partial charge on any atom is 0.346 e. The highest BCUT2D eigenvalue weighted by atomic mass is 16.7. The van der Waals surface area contributed by atoms with Gasteiger partial charge in [0.15, 0.2) is 6.29 Å². The van der Waals surface area contributed by atoms with Crippen LogP contribution in [0.25, 0.3) is 0 Å². The molecule has 0 radical (unpaired) electrons. The molecule has 1 unspecified atom stereocenters. The average Bonchev–Trinajstić information content (AvgIpc) is 2.66. The topological polar surface area (TPSA) is 85.2 Å². The van der Waals surface area contributed by atoms with Crippen molar-refractivity contribution in [2.45, 2.75) is 71.2 Å². The molecule has 6 nitrogen and oxygen atoms in total. The number of hydrogen-bond acceptors (Lipinski definition) is 6. The van der Waals surface area contributed by atoms with Crippen LogP contribution in [0.3, 0.4) is 0 Å². The Kier molecular flexibility index (Phi) is 8.80. The van der Waals surface area contributed by atoms with E-state index in [1.54, 1.807) is 0 Å². The summed E-state index contributed by atoms with van der Waals surface area (Å²) in [5, 5.41) is 21.0. The summed E-state index contributed by atoms with van der Waals surface area (Å²) in [5.41, 5.74) is 0.859. The third kappa shape index (κ3) is 5.49. The van der Waals surface area contributed by atoms with Crippen molar-refractivity contribution in [2.24, 2.45) is 0 Å². The molecule has 1 aromatic rings. The van der Waals surface area contributed by atoms with Crippen molar-refractivity contribution in [3.63, 3.8) is 0 Å². The van der Waals surface area contributed by atoms with E-state index >= 15 is 0 Å². The summed E-state index contributed by atoms with van der Waals surface area (Å²) >= 11 is 0. The first-order valence-electron chi connectivity index (χ1n) is 10.2. The summed E-state index contributed by atoms with van der Waals surface area (Å²) in [7, 11) is 0. The van der Waals surface area contributed by atoms with Gasteiger partial charge in [-0.2, -0.15) is 0 Å². The molecule has 2 N–H and O–H groups in total. The number of fused-ring (bicyclic) bond motifs is 1. The molecule has 0 saturated carbocycles. The predicted molar refractivity (Wildman–Crippen MR) is 107 cm³/mol. The average molecular weight is 392 g/mol. The number of carbonyl (C=O) groups excluding carboxylic acids is 1. The first-order valence-corrected chi connectivity index (χ1v) is 10.2. The monoisotopic (exact) mass is 392 g/mol. The van der Waals surface area contributed by atoms with Crippen LogP contribution in [-0.2, 0) is 20.6 Å². The van der Waals surface area contributed by atoms with Crippen molar-refractivity contribution in [1.29, 1.82) is 0 Å². The summed E-state index contributed by atoms with van der Waals surface area (Å²) in [6, 6.07) is 1.51. The molecule has 6 heteroatoms. The fraction of sp³-hybridized carbons (Fsp3) is 0.591. The number of phenolic OH excluding ortho intramolecular Hbond substituents is 2. The number of rotatable bonds is 11. The molecule has 1 aliphatic heterocycles. The minimum atomic E-state index is -0.814. The molecule has 0 aliphatic carbocycles. The van der Waals surface area contributed by atoms with Gasteiger partial charge in [0.05, 0.1) is 11.7 Å². The predicted octanol–water partition coefficient (Wildman–Crippen LogP) is 4.78. The van der Waals surface area contributed by atoms with Gasteiger partial charge in [-0.05, 0) is 31.4 Å². The van der Waals surface area contributed by atoms with Gasteiger partial charge in [-0.1, -0.05) is 51.7 Å². The standard InChI is InChI=1S/C22H32O6/c1-4-7-8-9-10-11-16-13-15-14-17(23)19(21(25)27-12-5-2)20(24)18(15)22(28-16)26-6-3/h5,14,16,22-24H,2,4,6-13H2,1,3H3/t16-,22?/m1/s1. The number of benzene rings is 1. The van der Waals surface area contributed by atoms with Crippen LogP contribution in [0.2, 0.25) is 0 Å². The van der Waals surface area contributed by atoms with Gasteiger partial charge in [0.1, 0.15) is 23.7 Å². The Morgan fingerprint density at radius 1 is 1.29 bits per heavy atom. The Morgan fingerprint density at radius 3 is 2.71 bits per heavy atom. The molecule has 156 valence electrons. The fourth-order valence-electron chi connectivity index (χ4n) is 3.52. The van der Waals surface area contributed by atoms with Gasteiger partial charge in [0.2, 0.25) is 0 Å². The zero-order chi connectivity index (χ0) is 20.5. The molecule has 1 aromatic carbocycles. The molecule has 1 heterocycles. The first-order chi connectivity index (χ1) is 13.5. The van der Waals surface area contributed by atoms with E-state index in [-0.39, 0.29) is 29.8 Å². The van der Waals surface area contributed by atoms with E-state index in [0.29, 0.717) is 18.6 Å². The Bertz CT molecular complexity index is 669. The molecule has 0 saturated heterocycles. The van der Waals surface area contributed by atoms with E-state index in [1.807, 2.05) is 6.92 Å². The number of aromatic hydroxyl groups is 2. The molecule has 0 amide bonds. The third-order valence-corrected chi connectivity index (χ3v) is 4.89. The molecule has 2 atom stereocenters. The second-order valence-electron chi connectivity index (χ2n) is 7.03. The van der Waals surface area contributed by atoms with Gasteiger partial charge < -0.3 is 24.4 Å². The van der Waals surface area contributed by atoms with Crippen molar-refractivity contribution in [1.82, 2.24) is 0 Å². The highest BCUT2D eigenvalue weighted by molar-refractivity contribution is 5.96. The Hall–Kier alpha value is -2.05. The number of phenols is 2. The molecule has 28 heavy (non-hydrogen) atoms. The van der Waals surface area contributed by atoms with Gasteiger partial charge >= 0.3 is 5.97 Å². The maximum absolute atomic E-state index is 12.2. The maximum atomic E-state index is 12.2. The summed E-state index contributed by atoms with van der Waals surface area (Å²) in [4.78, 5) is 12.2. The highest BCUT2D eigenvalue weighted by Gasteiger charge is 2.34. The molecule has 1 aliphatic rings. The number of esters is 1. The van der Waals surface area contributed by atoms with E-state index in [9.17, 15) is 15.0 Å². The van der Waals surface area contributed by atoms with Crippen LogP contribution >= 0.6 is 0 Å². The van der Waals surface area contributed by atoms with Crippen LogP contribution in [0, 0.1) is 0 Å². The van der Waals surface area contributed by atoms with Crippen LogP contribution in [0.1, 0.15) is 80.1 Å². The highest BCUT2D eigenvalue weighted by Crippen LogP contribution is 2.43. The van der Waals surface area contributed by atoms with Gasteiger partial charge in [0, 0.05) is 6.61 Å². The Labute approximate surface area is 167 Å².